The van der Waals surface area contributed by atoms with Crippen LogP contribution in [0.3, 0.4) is 0 Å². The summed E-state index contributed by atoms with van der Waals surface area (Å²) in [6, 6.07) is 7.99. The first-order valence-electron chi connectivity index (χ1n) is 8.01. The minimum atomic E-state index is -3.90. The summed E-state index contributed by atoms with van der Waals surface area (Å²) in [5.74, 6) is 0.462. The molecule has 10 heteroatoms. The molecule has 0 aliphatic rings. The highest BCUT2D eigenvalue weighted by Crippen LogP contribution is 2.15. The van der Waals surface area contributed by atoms with E-state index in [0.717, 1.165) is 36.1 Å². The molecule has 0 bridgehead atoms. The normalized spacial score (nSPS) is 11.6. The quantitative estimate of drug-likeness (QED) is 0.147. The van der Waals surface area contributed by atoms with Crippen LogP contribution < -0.4 is 9.13 Å². The second-order valence-electron chi connectivity index (χ2n) is 5.61. The van der Waals surface area contributed by atoms with Crippen molar-refractivity contribution in [3.05, 3.63) is 49.1 Å². The minimum absolute atomic E-state index is 0.238. The predicted octanol–water partition coefficient (Wildman–Crippen LogP) is 1.67. The van der Waals surface area contributed by atoms with Crippen molar-refractivity contribution in [1.82, 2.24) is 0 Å². The van der Waals surface area contributed by atoms with Gasteiger partial charge in [0.25, 0.3) is 10.1 Å². The first kappa shape index (κ1) is 20.7. The smallest absolute Gasteiger partial charge is 0.265 e. The van der Waals surface area contributed by atoms with Crippen LogP contribution in [-0.2, 0) is 32.6 Å². The van der Waals surface area contributed by atoms with Crippen LogP contribution in [0.5, 0.6) is 0 Å². The van der Waals surface area contributed by atoms with Gasteiger partial charge in [0, 0.05) is 54.9 Å². The lowest BCUT2D eigenvalue weighted by Crippen LogP contribution is -2.33. The van der Waals surface area contributed by atoms with Crippen LogP contribution in [0.15, 0.2) is 49.1 Å². The molecule has 0 aliphatic carbocycles. The van der Waals surface area contributed by atoms with Crippen molar-refractivity contribution in [3.63, 3.8) is 0 Å². The summed E-state index contributed by atoms with van der Waals surface area (Å²) in [6.45, 7) is 1.35. The van der Waals surface area contributed by atoms with Gasteiger partial charge in [-0.05, 0) is 11.1 Å². The maximum absolute atomic E-state index is 10.7. The van der Waals surface area contributed by atoms with E-state index in [1.807, 2.05) is 53.6 Å². The van der Waals surface area contributed by atoms with Gasteiger partial charge in [0.1, 0.15) is 13.1 Å². The zero-order valence-electron chi connectivity index (χ0n) is 14.1. The minimum Gasteiger partial charge on any atom is -0.286 e. The van der Waals surface area contributed by atoms with Gasteiger partial charge < -0.3 is 0 Å². The van der Waals surface area contributed by atoms with E-state index in [4.69, 9.17) is 9.81 Å². The Morgan fingerprint density at radius 1 is 0.923 bits per heavy atom. The third kappa shape index (κ3) is 7.77. The highest BCUT2D eigenvalue weighted by molar-refractivity contribution is 7.94. The summed E-state index contributed by atoms with van der Waals surface area (Å²) < 4.78 is 38.4. The Morgan fingerprint density at radius 2 is 1.42 bits per heavy atom. The molecule has 26 heavy (non-hydrogen) atoms. The molecular formula is C16H22N2O6S2+2. The molecule has 2 aromatic rings. The van der Waals surface area contributed by atoms with E-state index in [9.17, 15) is 8.42 Å². The van der Waals surface area contributed by atoms with Gasteiger partial charge in [-0.2, -0.15) is 8.42 Å². The zero-order chi connectivity index (χ0) is 18.8. The standard InChI is InChI=1S/C16H20N2O6S2/c19-23-24-25-13-1-7-17-9-3-15(4-10-17)16-5-11-18(12-6-16)8-2-14-26(20,21)22/h3-6,9-12H,1-2,7-8,13-14H2/p+2. The Kier molecular flexibility index (Phi) is 8.42. The molecule has 0 aromatic carbocycles. The number of aromatic nitrogens is 2. The van der Waals surface area contributed by atoms with E-state index in [0.29, 0.717) is 18.7 Å². The topological polar surface area (TPSA) is 101 Å². The van der Waals surface area contributed by atoms with Gasteiger partial charge in [-0.3, -0.25) is 4.55 Å². The third-order valence-corrected chi connectivity index (χ3v) is 5.07. The molecule has 0 spiro atoms. The average molecular weight is 402 g/mol. The number of aryl methyl sites for hydroxylation is 2. The van der Waals surface area contributed by atoms with E-state index >= 15 is 0 Å². The molecule has 2 aromatic heterocycles. The fourth-order valence-electron chi connectivity index (χ4n) is 2.39. The van der Waals surface area contributed by atoms with Crippen molar-refractivity contribution < 1.29 is 36.7 Å². The van der Waals surface area contributed by atoms with E-state index < -0.39 is 10.1 Å². The van der Waals surface area contributed by atoms with Crippen molar-refractivity contribution in [3.8, 4) is 11.1 Å². The molecular weight excluding hydrogens is 380 g/mol. The Labute approximate surface area is 156 Å². The van der Waals surface area contributed by atoms with E-state index in [2.05, 4.69) is 13.9 Å². The molecule has 0 amide bonds. The molecule has 0 radical (unpaired) electrons. The maximum Gasteiger partial charge on any atom is 0.265 e. The van der Waals surface area contributed by atoms with Crippen LogP contribution in [0.25, 0.3) is 11.1 Å². The number of hydrogen-bond acceptors (Lipinski definition) is 6. The number of rotatable bonds is 11. The van der Waals surface area contributed by atoms with Crippen LogP contribution in [-0.4, -0.2) is 29.7 Å². The molecule has 0 fully saturated rings. The lowest BCUT2D eigenvalue weighted by Gasteiger charge is -2.02. The molecule has 0 saturated heterocycles. The Morgan fingerprint density at radius 3 is 1.88 bits per heavy atom. The van der Waals surface area contributed by atoms with Crippen LogP contribution in [0.1, 0.15) is 12.8 Å². The molecule has 0 aliphatic heterocycles. The van der Waals surface area contributed by atoms with Gasteiger partial charge in [0.05, 0.1) is 5.75 Å². The van der Waals surface area contributed by atoms with Gasteiger partial charge in [-0.1, -0.05) is 5.04 Å². The summed E-state index contributed by atoms with van der Waals surface area (Å²) >= 11 is 1.05. The molecule has 2 rings (SSSR count). The van der Waals surface area contributed by atoms with Gasteiger partial charge in [0.2, 0.25) is 0 Å². The number of hydrogen-bond donors (Lipinski definition) is 2. The van der Waals surface area contributed by atoms with Crippen LogP contribution in [0.4, 0.5) is 0 Å². The Hall–Kier alpha value is -1.56. The van der Waals surface area contributed by atoms with Crippen LogP contribution in [0, 0.1) is 0 Å². The highest BCUT2D eigenvalue weighted by Gasteiger charge is 2.09. The Bertz CT molecular complexity index is 766. The van der Waals surface area contributed by atoms with Crippen LogP contribution in [0.2, 0.25) is 0 Å². The van der Waals surface area contributed by atoms with Crippen LogP contribution >= 0.6 is 12.0 Å². The lowest BCUT2D eigenvalue weighted by molar-refractivity contribution is -0.697. The Balaban J connectivity index is 1.84. The average Bonchev–Trinajstić information content (AvgIpc) is 2.62. The summed E-state index contributed by atoms with van der Waals surface area (Å²) in [5.41, 5.74) is 2.14. The van der Waals surface area contributed by atoms with Gasteiger partial charge >= 0.3 is 0 Å². The van der Waals surface area contributed by atoms with Gasteiger partial charge in [-0.15, -0.1) is 4.33 Å². The monoisotopic (exact) mass is 402 g/mol. The van der Waals surface area contributed by atoms with Crippen molar-refractivity contribution >= 4 is 22.2 Å². The molecule has 0 saturated carbocycles. The second kappa shape index (κ2) is 10.6. The summed E-state index contributed by atoms with van der Waals surface area (Å²) in [7, 11) is -3.90. The lowest BCUT2D eigenvalue weighted by atomic mass is 10.1. The summed E-state index contributed by atoms with van der Waals surface area (Å²) in [5, 5.41) is 11.5. The fourth-order valence-corrected chi connectivity index (χ4v) is 3.24. The number of nitrogens with zero attached hydrogens (tertiary/aromatic N) is 2. The van der Waals surface area contributed by atoms with E-state index in [1.165, 1.54) is 0 Å². The van der Waals surface area contributed by atoms with Crippen molar-refractivity contribution in [1.29, 1.82) is 0 Å². The zero-order valence-corrected chi connectivity index (χ0v) is 15.7. The first-order valence-corrected chi connectivity index (χ1v) is 10.5. The molecule has 0 unspecified atom stereocenters. The van der Waals surface area contributed by atoms with Crippen molar-refractivity contribution in [2.45, 2.75) is 25.9 Å². The van der Waals surface area contributed by atoms with Gasteiger partial charge in [-0.25, -0.2) is 14.4 Å². The first-order chi connectivity index (χ1) is 12.5. The third-order valence-electron chi connectivity index (χ3n) is 3.66. The largest absolute Gasteiger partial charge is 0.286 e. The molecule has 8 nitrogen and oxygen atoms in total. The molecule has 142 valence electrons. The number of pyridine rings is 2. The highest BCUT2D eigenvalue weighted by atomic mass is 32.2. The SMILES string of the molecule is O=S(=O)(O)CCC[n+]1ccc(-c2cc[n+](CCCSOOO)cc2)cc1. The van der Waals surface area contributed by atoms with Crippen molar-refractivity contribution in [2.75, 3.05) is 11.5 Å². The molecule has 2 N–H and O–H groups in total. The second-order valence-corrected chi connectivity index (χ2v) is 7.96. The molecule has 0 atom stereocenters. The van der Waals surface area contributed by atoms with Gasteiger partial charge in [0.15, 0.2) is 24.8 Å². The van der Waals surface area contributed by atoms with Crippen molar-refractivity contribution in [2.24, 2.45) is 0 Å². The van der Waals surface area contributed by atoms with E-state index in [1.54, 1.807) is 0 Å². The molecule has 2 heterocycles. The summed E-state index contributed by atoms with van der Waals surface area (Å²) in [4.78, 5) is 0. The summed E-state index contributed by atoms with van der Waals surface area (Å²) in [6.07, 6.45) is 9.00. The fraction of sp³-hybridized carbons (Fsp3) is 0.375. The predicted molar refractivity (Wildman–Crippen MR) is 95.2 cm³/mol. The van der Waals surface area contributed by atoms with E-state index in [-0.39, 0.29) is 5.75 Å². The maximum atomic E-state index is 10.7.